The highest BCUT2D eigenvalue weighted by Crippen LogP contribution is 2.17. The molecule has 0 saturated carbocycles. The van der Waals surface area contributed by atoms with E-state index in [9.17, 15) is 4.79 Å². The summed E-state index contributed by atoms with van der Waals surface area (Å²) in [5.41, 5.74) is 0.742. The van der Waals surface area contributed by atoms with Gasteiger partial charge in [0.05, 0.1) is 12.3 Å². The maximum absolute atomic E-state index is 12.4. The van der Waals surface area contributed by atoms with Crippen LogP contribution < -0.4 is 10.5 Å². The van der Waals surface area contributed by atoms with E-state index in [2.05, 4.69) is 14.8 Å². The van der Waals surface area contributed by atoms with Gasteiger partial charge in [-0.2, -0.15) is 0 Å². The number of hydrogen-bond acceptors (Lipinski definition) is 5. The Labute approximate surface area is 126 Å². The van der Waals surface area contributed by atoms with E-state index in [1.54, 1.807) is 13.2 Å². The SMILES string of the molecule is COCc1cc(=O)n(CCCN(C)C)c(N2CCCC2)n1. The minimum atomic E-state index is 0.0257. The van der Waals surface area contributed by atoms with Gasteiger partial charge in [0.25, 0.3) is 5.56 Å². The van der Waals surface area contributed by atoms with Crippen LogP contribution in [0.5, 0.6) is 0 Å². The van der Waals surface area contributed by atoms with Crippen LogP contribution in [0.1, 0.15) is 25.0 Å². The molecule has 0 aliphatic carbocycles. The Hall–Kier alpha value is -1.40. The molecule has 2 rings (SSSR count). The fourth-order valence-corrected chi connectivity index (χ4v) is 2.68. The fourth-order valence-electron chi connectivity index (χ4n) is 2.68. The molecule has 1 fully saturated rings. The lowest BCUT2D eigenvalue weighted by molar-refractivity contribution is 0.181. The summed E-state index contributed by atoms with van der Waals surface area (Å²) in [4.78, 5) is 21.4. The van der Waals surface area contributed by atoms with Crippen molar-refractivity contribution in [3.63, 3.8) is 0 Å². The third kappa shape index (κ3) is 4.28. The number of nitrogens with zero attached hydrogens (tertiary/aromatic N) is 4. The second kappa shape index (κ2) is 7.56. The first-order chi connectivity index (χ1) is 10.1. The van der Waals surface area contributed by atoms with Crippen molar-refractivity contribution in [2.45, 2.75) is 32.4 Å². The second-order valence-corrected chi connectivity index (χ2v) is 5.82. The molecule has 118 valence electrons. The van der Waals surface area contributed by atoms with Crippen LogP contribution in [0.3, 0.4) is 0 Å². The van der Waals surface area contributed by atoms with E-state index in [-0.39, 0.29) is 5.56 Å². The quantitative estimate of drug-likeness (QED) is 0.749. The van der Waals surface area contributed by atoms with Gasteiger partial charge in [-0.1, -0.05) is 0 Å². The number of hydrogen-bond donors (Lipinski definition) is 0. The third-order valence-corrected chi connectivity index (χ3v) is 3.71. The Morgan fingerprint density at radius 3 is 2.67 bits per heavy atom. The topological polar surface area (TPSA) is 50.6 Å². The minimum Gasteiger partial charge on any atom is -0.378 e. The van der Waals surface area contributed by atoms with E-state index < -0.39 is 0 Å². The number of methoxy groups -OCH3 is 1. The van der Waals surface area contributed by atoms with Crippen LogP contribution in [0.2, 0.25) is 0 Å². The summed E-state index contributed by atoms with van der Waals surface area (Å²) in [6, 6.07) is 1.60. The summed E-state index contributed by atoms with van der Waals surface area (Å²) in [6.45, 7) is 4.02. The average molecular weight is 294 g/mol. The first-order valence-corrected chi connectivity index (χ1v) is 7.61. The Bertz CT molecular complexity index is 507. The van der Waals surface area contributed by atoms with Crippen LogP contribution in [0.15, 0.2) is 10.9 Å². The van der Waals surface area contributed by atoms with Crippen LogP contribution in [0.4, 0.5) is 5.95 Å². The van der Waals surface area contributed by atoms with Gasteiger partial charge in [-0.15, -0.1) is 0 Å². The maximum atomic E-state index is 12.4. The zero-order chi connectivity index (χ0) is 15.2. The number of anilines is 1. The van der Waals surface area contributed by atoms with Gasteiger partial charge in [-0.25, -0.2) is 4.98 Å². The van der Waals surface area contributed by atoms with Crippen LogP contribution in [0.25, 0.3) is 0 Å². The molecule has 6 nitrogen and oxygen atoms in total. The van der Waals surface area contributed by atoms with Gasteiger partial charge in [0, 0.05) is 32.8 Å². The Morgan fingerprint density at radius 1 is 1.33 bits per heavy atom. The first-order valence-electron chi connectivity index (χ1n) is 7.61. The van der Waals surface area contributed by atoms with Crippen molar-refractivity contribution in [2.24, 2.45) is 0 Å². The monoisotopic (exact) mass is 294 g/mol. The van der Waals surface area contributed by atoms with E-state index in [0.717, 1.165) is 32.0 Å². The smallest absolute Gasteiger partial charge is 0.255 e. The molecule has 1 aromatic heterocycles. The summed E-state index contributed by atoms with van der Waals surface area (Å²) in [6.07, 6.45) is 3.28. The molecule has 0 spiro atoms. The van der Waals surface area contributed by atoms with E-state index in [1.165, 1.54) is 12.8 Å². The lowest BCUT2D eigenvalue weighted by Crippen LogP contribution is -2.32. The van der Waals surface area contributed by atoms with Crippen molar-refractivity contribution in [2.75, 3.05) is 45.7 Å². The van der Waals surface area contributed by atoms with E-state index in [0.29, 0.717) is 18.8 Å². The van der Waals surface area contributed by atoms with Gasteiger partial charge in [-0.3, -0.25) is 9.36 Å². The molecule has 1 aliphatic heterocycles. The highest BCUT2D eigenvalue weighted by atomic mass is 16.5. The van der Waals surface area contributed by atoms with Crippen molar-refractivity contribution >= 4 is 5.95 Å². The fraction of sp³-hybridized carbons (Fsp3) is 0.733. The molecule has 2 heterocycles. The molecule has 1 saturated heterocycles. The highest BCUT2D eigenvalue weighted by Gasteiger charge is 2.19. The Balaban J connectivity index is 2.25. The van der Waals surface area contributed by atoms with E-state index in [1.807, 2.05) is 18.7 Å². The summed E-state index contributed by atoms with van der Waals surface area (Å²) in [5, 5.41) is 0. The molecule has 0 radical (unpaired) electrons. The first kappa shape index (κ1) is 16.0. The summed E-state index contributed by atoms with van der Waals surface area (Å²) in [7, 11) is 5.72. The molecule has 0 bridgehead atoms. The molecule has 0 aromatic carbocycles. The molecule has 21 heavy (non-hydrogen) atoms. The predicted octanol–water partition coefficient (Wildman–Crippen LogP) is 0.942. The summed E-state index contributed by atoms with van der Waals surface area (Å²) >= 11 is 0. The molecule has 1 aromatic rings. The van der Waals surface area contributed by atoms with Gasteiger partial charge >= 0.3 is 0 Å². The van der Waals surface area contributed by atoms with Gasteiger partial charge in [-0.05, 0) is 39.9 Å². The maximum Gasteiger partial charge on any atom is 0.255 e. The summed E-state index contributed by atoms with van der Waals surface area (Å²) in [5.74, 6) is 0.811. The third-order valence-electron chi connectivity index (χ3n) is 3.71. The summed E-state index contributed by atoms with van der Waals surface area (Å²) < 4.78 is 6.93. The van der Waals surface area contributed by atoms with Crippen LogP contribution >= 0.6 is 0 Å². The molecular weight excluding hydrogens is 268 g/mol. The number of rotatable bonds is 7. The molecule has 1 aliphatic rings. The number of ether oxygens (including phenoxy) is 1. The van der Waals surface area contributed by atoms with E-state index >= 15 is 0 Å². The van der Waals surface area contributed by atoms with Crippen LogP contribution in [0, 0.1) is 0 Å². The lowest BCUT2D eigenvalue weighted by atomic mass is 10.3. The molecule has 0 atom stereocenters. The molecule has 0 amide bonds. The molecule has 0 unspecified atom stereocenters. The van der Waals surface area contributed by atoms with Crippen molar-refractivity contribution in [3.8, 4) is 0 Å². The molecule has 6 heteroatoms. The normalized spacial score (nSPS) is 15.1. The standard InChI is InChI=1S/C15H26N4O2/c1-17(2)7-6-10-19-14(20)11-13(12-21-3)16-15(19)18-8-4-5-9-18/h11H,4-10,12H2,1-3H3. The Morgan fingerprint density at radius 2 is 2.05 bits per heavy atom. The van der Waals surface area contributed by atoms with Gasteiger partial charge < -0.3 is 14.5 Å². The van der Waals surface area contributed by atoms with Crippen molar-refractivity contribution < 1.29 is 4.74 Å². The zero-order valence-corrected chi connectivity index (χ0v) is 13.3. The average Bonchev–Trinajstić information content (AvgIpc) is 2.94. The van der Waals surface area contributed by atoms with Gasteiger partial charge in [0.2, 0.25) is 5.95 Å². The second-order valence-electron chi connectivity index (χ2n) is 5.82. The van der Waals surface area contributed by atoms with Gasteiger partial charge in [0.15, 0.2) is 0 Å². The van der Waals surface area contributed by atoms with Crippen LogP contribution in [-0.4, -0.2) is 55.3 Å². The van der Waals surface area contributed by atoms with E-state index in [4.69, 9.17) is 4.74 Å². The van der Waals surface area contributed by atoms with Crippen molar-refractivity contribution in [1.82, 2.24) is 14.5 Å². The van der Waals surface area contributed by atoms with Crippen molar-refractivity contribution in [1.29, 1.82) is 0 Å². The molecular formula is C15H26N4O2. The van der Waals surface area contributed by atoms with Crippen molar-refractivity contribution in [3.05, 3.63) is 22.1 Å². The number of aromatic nitrogens is 2. The Kier molecular flexibility index (Phi) is 5.76. The highest BCUT2D eigenvalue weighted by molar-refractivity contribution is 5.33. The predicted molar refractivity (Wildman–Crippen MR) is 83.8 cm³/mol. The minimum absolute atomic E-state index is 0.0257. The van der Waals surface area contributed by atoms with Gasteiger partial charge in [0.1, 0.15) is 0 Å². The lowest BCUT2D eigenvalue weighted by Gasteiger charge is -2.22. The molecule has 0 N–H and O–H groups in total. The van der Waals surface area contributed by atoms with Crippen LogP contribution in [-0.2, 0) is 17.9 Å². The largest absolute Gasteiger partial charge is 0.378 e. The zero-order valence-electron chi connectivity index (χ0n) is 13.3.